The lowest BCUT2D eigenvalue weighted by atomic mass is 9.99. The summed E-state index contributed by atoms with van der Waals surface area (Å²) in [5.41, 5.74) is 11.4. The van der Waals surface area contributed by atoms with Crippen molar-refractivity contribution in [1.82, 2.24) is 18.7 Å². The Morgan fingerprint density at radius 1 is 0.489 bits per heavy atom. The summed E-state index contributed by atoms with van der Waals surface area (Å²) in [6, 6.07) is 52.8. The van der Waals surface area contributed by atoms with Crippen LogP contribution in [-0.4, -0.2) is 18.7 Å². The number of aryl methyl sites for hydroxylation is 2. The van der Waals surface area contributed by atoms with Gasteiger partial charge in [-0.2, -0.15) is 0 Å². The smallest absolute Gasteiger partial charge is 0.0885 e. The van der Waals surface area contributed by atoms with Gasteiger partial charge < -0.3 is 4.57 Å². The topological polar surface area (TPSA) is 27.2 Å². The lowest BCUT2D eigenvalue weighted by Gasteiger charge is -2.11. The summed E-state index contributed by atoms with van der Waals surface area (Å²) in [4.78, 5) is 5.07. The van der Waals surface area contributed by atoms with Crippen molar-refractivity contribution in [3.8, 4) is 16.8 Å². The summed E-state index contributed by atoms with van der Waals surface area (Å²) in [7, 11) is 2.14. The normalized spacial score (nSPS) is 12.0. The third kappa shape index (κ3) is 3.67. The summed E-state index contributed by atoms with van der Waals surface area (Å²) in [5, 5.41) is 8.70. The van der Waals surface area contributed by atoms with E-state index in [0.29, 0.717) is 0 Å². The molecule has 0 bridgehead atoms. The molecule has 0 saturated carbocycles. The van der Waals surface area contributed by atoms with Gasteiger partial charge >= 0.3 is 0 Å². The number of nitrogens with zero attached hydrogens (tertiary/aromatic N) is 4. The first-order chi connectivity index (χ1) is 23.2. The van der Waals surface area contributed by atoms with Crippen molar-refractivity contribution in [2.75, 3.05) is 0 Å². The fourth-order valence-corrected chi connectivity index (χ4v) is 7.84. The van der Waals surface area contributed by atoms with Gasteiger partial charge in [0, 0.05) is 45.4 Å². The Hall–Kier alpha value is -6.13. The van der Waals surface area contributed by atoms with E-state index in [2.05, 4.69) is 173 Å². The molecular formula is C43H30N4. The van der Waals surface area contributed by atoms with Gasteiger partial charge in [-0.1, -0.05) is 91.0 Å². The molecular weight excluding hydrogens is 573 g/mol. The maximum Gasteiger partial charge on any atom is 0.0885 e. The molecule has 4 heteroatoms. The summed E-state index contributed by atoms with van der Waals surface area (Å²) < 4.78 is 7.01. The van der Waals surface area contributed by atoms with Crippen molar-refractivity contribution in [3.63, 3.8) is 0 Å². The van der Waals surface area contributed by atoms with Crippen LogP contribution in [0.2, 0.25) is 0 Å². The van der Waals surface area contributed by atoms with Crippen molar-refractivity contribution in [2.24, 2.45) is 7.05 Å². The van der Waals surface area contributed by atoms with Crippen LogP contribution in [0.4, 0.5) is 0 Å². The van der Waals surface area contributed by atoms with Crippen LogP contribution in [-0.2, 0) is 7.05 Å². The quantitative estimate of drug-likeness (QED) is 0.193. The molecule has 222 valence electrons. The second-order valence-corrected chi connectivity index (χ2v) is 12.5. The molecule has 0 N–H and O–H groups in total. The minimum Gasteiger partial charge on any atom is -0.309 e. The lowest BCUT2D eigenvalue weighted by molar-refractivity contribution is 0.744. The monoisotopic (exact) mass is 602 g/mol. The predicted molar refractivity (Wildman–Crippen MR) is 198 cm³/mol. The van der Waals surface area contributed by atoms with Crippen LogP contribution < -0.4 is 0 Å². The zero-order chi connectivity index (χ0) is 31.2. The third-order valence-electron chi connectivity index (χ3n) is 9.97. The summed E-state index contributed by atoms with van der Waals surface area (Å²) in [5.74, 6) is 0. The van der Waals surface area contributed by atoms with Crippen LogP contribution in [0, 0.1) is 6.92 Å². The van der Waals surface area contributed by atoms with E-state index in [1.54, 1.807) is 0 Å². The maximum absolute atomic E-state index is 5.07. The van der Waals surface area contributed by atoms with E-state index in [0.717, 1.165) is 22.1 Å². The molecule has 10 aromatic rings. The van der Waals surface area contributed by atoms with Crippen molar-refractivity contribution in [2.45, 2.75) is 6.92 Å². The zero-order valence-electron chi connectivity index (χ0n) is 26.1. The number of benzene rings is 7. The molecule has 0 spiro atoms. The van der Waals surface area contributed by atoms with Gasteiger partial charge in [-0.3, -0.25) is 14.2 Å². The Morgan fingerprint density at radius 2 is 1.17 bits per heavy atom. The number of aromatic nitrogens is 4. The standard InChI is InChI=1S/C43H30N4/c1-27-32-15-10-16-34-35-25-29(21-23-39(35)47(43(32)34)45(2)40-18-9-8-17-37(40)44-27)30-20-22-38-36(26-30)42-33-14-7-6-11-28(33)19-24-41(42)46(38)31-12-4-3-5-13-31/h3-26H,1-2H3. The van der Waals surface area contributed by atoms with Gasteiger partial charge in [-0.15, -0.1) is 0 Å². The van der Waals surface area contributed by atoms with E-state index in [1.165, 1.54) is 71.2 Å². The van der Waals surface area contributed by atoms with Crippen LogP contribution in [0.3, 0.4) is 0 Å². The summed E-state index contributed by atoms with van der Waals surface area (Å²) >= 11 is 0. The number of hydrogen-bond acceptors (Lipinski definition) is 1. The van der Waals surface area contributed by atoms with Crippen molar-refractivity contribution in [1.29, 1.82) is 0 Å². The van der Waals surface area contributed by atoms with E-state index >= 15 is 0 Å². The van der Waals surface area contributed by atoms with E-state index < -0.39 is 0 Å². The molecule has 0 unspecified atom stereocenters. The molecule has 7 aromatic carbocycles. The molecule has 0 fully saturated rings. The maximum atomic E-state index is 5.07. The first-order valence-electron chi connectivity index (χ1n) is 16.1. The van der Waals surface area contributed by atoms with Gasteiger partial charge in [-0.05, 0) is 83.4 Å². The van der Waals surface area contributed by atoms with E-state index in [-0.39, 0.29) is 0 Å². The molecule has 4 nitrogen and oxygen atoms in total. The number of para-hydroxylation sites is 4. The molecule has 0 aliphatic rings. The molecule has 0 atom stereocenters. The predicted octanol–water partition coefficient (Wildman–Crippen LogP) is 10.9. The van der Waals surface area contributed by atoms with Gasteiger partial charge in [0.15, 0.2) is 0 Å². The Kier molecular flexibility index (Phi) is 5.38. The molecule has 3 aromatic heterocycles. The Labute approximate surface area is 271 Å². The molecule has 47 heavy (non-hydrogen) atoms. The van der Waals surface area contributed by atoms with Crippen LogP contribution in [0.25, 0.3) is 87.6 Å². The van der Waals surface area contributed by atoms with Crippen LogP contribution in [0.1, 0.15) is 5.69 Å². The highest BCUT2D eigenvalue weighted by atomic mass is 15.3. The molecule has 0 saturated heterocycles. The third-order valence-corrected chi connectivity index (χ3v) is 9.97. The average Bonchev–Trinajstić information content (AvgIpc) is 3.64. The van der Waals surface area contributed by atoms with Crippen LogP contribution in [0.15, 0.2) is 146 Å². The van der Waals surface area contributed by atoms with Crippen LogP contribution >= 0.6 is 0 Å². The Morgan fingerprint density at radius 3 is 2.04 bits per heavy atom. The lowest BCUT2D eigenvalue weighted by Crippen LogP contribution is -2.05. The minimum absolute atomic E-state index is 0.976. The van der Waals surface area contributed by atoms with E-state index in [9.17, 15) is 0 Å². The van der Waals surface area contributed by atoms with E-state index in [4.69, 9.17) is 4.98 Å². The highest BCUT2D eigenvalue weighted by Gasteiger charge is 2.18. The van der Waals surface area contributed by atoms with Crippen molar-refractivity contribution in [3.05, 3.63) is 151 Å². The van der Waals surface area contributed by atoms with Gasteiger partial charge in [0.1, 0.15) is 0 Å². The number of fused-ring (bicyclic) bond motifs is 9. The van der Waals surface area contributed by atoms with E-state index in [1.807, 2.05) is 0 Å². The zero-order valence-corrected chi connectivity index (χ0v) is 26.1. The first kappa shape index (κ1) is 26.1. The Balaban J connectivity index is 1.28. The fourth-order valence-electron chi connectivity index (χ4n) is 7.84. The number of hydrogen-bond donors (Lipinski definition) is 0. The fraction of sp³-hybridized carbons (Fsp3) is 0.0465. The first-order valence-corrected chi connectivity index (χ1v) is 16.1. The second kappa shape index (κ2) is 9.68. The summed E-state index contributed by atoms with van der Waals surface area (Å²) in [6.07, 6.45) is 0. The molecule has 10 rings (SSSR count). The van der Waals surface area contributed by atoms with Gasteiger partial charge in [0.25, 0.3) is 0 Å². The van der Waals surface area contributed by atoms with Crippen molar-refractivity contribution < 1.29 is 0 Å². The molecule has 0 aliphatic carbocycles. The van der Waals surface area contributed by atoms with Gasteiger partial charge in [0.05, 0.1) is 33.1 Å². The molecule has 0 radical (unpaired) electrons. The highest BCUT2D eigenvalue weighted by Crippen LogP contribution is 2.40. The van der Waals surface area contributed by atoms with Crippen LogP contribution in [0.5, 0.6) is 0 Å². The molecule has 3 heterocycles. The molecule has 0 amide bonds. The average molecular weight is 603 g/mol. The summed E-state index contributed by atoms with van der Waals surface area (Å²) in [6.45, 7) is 2.12. The SMILES string of the molecule is Cc1nc2ccccc2n(C)n2c3ccc(-c4ccc5c(c4)c4c6ccccc6ccc4n5-c4ccccc4)cc3c3cccc1c32. The number of rotatable bonds is 2. The highest BCUT2D eigenvalue weighted by molar-refractivity contribution is 6.22. The second-order valence-electron chi connectivity index (χ2n) is 12.5. The molecule has 0 aliphatic heterocycles. The minimum atomic E-state index is 0.976. The van der Waals surface area contributed by atoms with Gasteiger partial charge in [0.2, 0.25) is 0 Å². The van der Waals surface area contributed by atoms with Gasteiger partial charge in [-0.25, -0.2) is 0 Å². The van der Waals surface area contributed by atoms with Crippen molar-refractivity contribution >= 4 is 70.8 Å². The Bertz CT molecular complexity index is 2920. The largest absolute Gasteiger partial charge is 0.309 e.